The molecule has 0 saturated heterocycles. The van der Waals surface area contributed by atoms with Crippen molar-refractivity contribution in [1.82, 2.24) is 15.1 Å². The molecular weight excluding hydrogens is 398 g/mol. The first-order valence-electron chi connectivity index (χ1n) is 11.5. The molecule has 1 N–H and O–H groups in total. The largest absolute Gasteiger partial charge is 0.478 e. The Morgan fingerprint density at radius 3 is 2.78 bits per heavy atom. The van der Waals surface area contributed by atoms with Crippen molar-refractivity contribution in [3.05, 3.63) is 84.0 Å². The Morgan fingerprint density at radius 1 is 1.28 bits per heavy atom. The molecule has 172 valence electrons. The van der Waals surface area contributed by atoms with Gasteiger partial charge in [-0.25, -0.2) is 0 Å². The zero-order valence-corrected chi connectivity index (χ0v) is 20.1. The van der Waals surface area contributed by atoms with Crippen molar-refractivity contribution in [3.8, 4) is 0 Å². The number of aromatic nitrogens is 2. The Hall–Kier alpha value is -3.08. The van der Waals surface area contributed by atoms with E-state index >= 15 is 0 Å². The van der Waals surface area contributed by atoms with E-state index in [1.165, 1.54) is 0 Å². The molecule has 1 aromatic rings. The van der Waals surface area contributed by atoms with Gasteiger partial charge in [0.15, 0.2) is 5.60 Å². The van der Waals surface area contributed by atoms with Gasteiger partial charge in [0.05, 0.1) is 5.69 Å². The van der Waals surface area contributed by atoms with Crippen molar-refractivity contribution in [3.63, 3.8) is 0 Å². The topological polar surface area (TPSA) is 58.2 Å². The van der Waals surface area contributed by atoms with Crippen LogP contribution < -0.4 is 0 Å². The highest BCUT2D eigenvalue weighted by atomic mass is 16.5. The molecule has 0 bridgehead atoms. The van der Waals surface area contributed by atoms with Crippen molar-refractivity contribution in [2.24, 2.45) is 0 Å². The summed E-state index contributed by atoms with van der Waals surface area (Å²) >= 11 is 0. The van der Waals surface area contributed by atoms with Crippen LogP contribution in [0.4, 0.5) is 0 Å². The van der Waals surface area contributed by atoms with Crippen LogP contribution in [0.3, 0.4) is 0 Å². The van der Waals surface area contributed by atoms with Crippen LogP contribution in [0.15, 0.2) is 67.0 Å². The number of carbonyl (C=O) groups excluding carboxylic acids is 1. The third kappa shape index (κ3) is 6.22. The van der Waals surface area contributed by atoms with E-state index < -0.39 is 5.60 Å². The summed E-state index contributed by atoms with van der Waals surface area (Å²) in [6.07, 6.45) is 20.5. The van der Waals surface area contributed by atoms with E-state index in [4.69, 9.17) is 4.74 Å². The first kappa shape index (κ1) is 25.2. The molecule has 0 atom stereocenters. The van der Waals surface area contributed by atoms with E-state index in [1.807, 2.05) is 57.7 Å². The number of hydrogen-bond donors (Lipinski definition) is 1. The summed E-state index contributed by atoms with van der Waals surface area (Å²) in [5, 5.41) is 7.76. The number of rotatable bonds is 6. The normalized spacial score (nSPS) is 20.1. The Kier molecular flexibility index (Phi) is 9.51. The predicted molar refractivity (Wildman–Crippen MR) is 133 cm³/mol. The standard InChI is InChI=1S/C25H31N3O2.C2H6/c1-5-12-20(13-6-2)30-25(3,4)24(29)28-17-16-22-21(18-28)23(27-26-22)19-14-10-8-7-9-11-15-19;1-2/h5-8,10,12-15H,1,9,11,16-18H2,2-4H3,(H,26,27);1-2H3/b8-7+,13-6-,14-10-,19-15+,20-12+;. The molecule has 1 aliphatic heterocycles. The Morgan fingerprint density at radius 2 is 2.06 bits per heavy atom. The molecular formula is C27H37N3O2. The second-order valence-corrected chi connectivity index (χ2v) is 7.95. The van der Waals surface area contributed by atoms with Crippen molar-refractivity contribution >= 4 is 11.5 Å². The first-order valence-corrected chi connectivity index (χ1v) is 11.5. The molecule has 3 rings (SSSR count). The maximum atomic E-state index is 13.3. The van der Waals surface area contributed by atoms with Gasteiger partial charge in [0.25, 0.3) is 5.91 Å². The average molecular weight is 436 g/mol. The molecule has 0 fully saturated rings. The summed E-state index contributed by atoms with van der Waals surface area (Å²) < 4.78 is 6.04. The summed E-state index contributed by atoms with van der Waals surface area (Å²) in [6.45, 7) is 14.4. The van der Waals surface area contributed by atoms with Crippen LogP contribution >= 0.6 is 0 Å². The smallest absolute Gasteiger partial charge is 0.266 e. The van der Waals surface area contributed by atoms with Crippen molar-refractivity contribution in [2.45, 2.75) is 66.0 Å². The zero-order chi connectivity index (χ0) is 23.6. The fraction of sp³-hybridized carbons (Fsp3) is 0.407. The predicted octanol–water partition coefficient (Wildman–Crippen LogP) is 6.05. The highest BCUT2D eigenvalue weighted by Crippen LogP contribution is 2.29. The van der Waals surface area contributed by atoms with Crippen LogP contribution in [0.25, 0.3) is 5.57 Å². The molecule has 1 aliphatic carbocycles. The minimum absolute atomic E-state index is 0.0371. The maximum Gasteiger partial charge on any atom is 0.266 e. The molecule has 5 heteroatoms. The Bertz CT molecular complexity index is 942. The van der Waals surface area contributed by atoms with E-state index in [1.54, 1.807) is 12.2 Å². The van der Waals surface area contributed by atoms with Gasteiger partial charge in [-0.2, -0.15) is 5.10 Å². The Balaban J connectivity index is 0.00000176. The van der Waals surface area contributed by atoms with Crippen LogP contribution in [0, 0.1) is 0 Å². The van der Waals surface area contributed by atoms with E-state index in [2.05, 4.69) is 41.1 Å². The van der Waals surface area contributed by atoms with E-state index in [-0.39, 0.29) is 5.91 Å². The lowest BCUT2D eigenvalue weighted by atomic mass is 9.97. The van der Waals surface area contributed by atoms with Gasteiger partial charge < -0.3 is 9.64 Å². The fourth-order valence-electron chi connectivity index (χ4n) is 3.74. The second kappa shape index (κ2) is 12.1. The molecule has 0 unspecified atom stereocenters. The van der Waals surface area contributed by atoms with Gasteiger partial charge in [-0.15, -0.1) is 0 Å². The number of carbonyl (C=O) groups is 1. The van der Waals surface area contributed by atoms with Crippen LogP contribution in [0.1, 0.15) is 64.4 Å². The third-order valence-electron chi connectivity index (χ3n) is 5.22. The molecule has 2 aliphatic rings. The minimum Gasteiger partial charge on any atom is -0.478 e. The number of H-pyrrole nitrogens is 1. The van der Waals surface area contributed by atoms with Crippen LogP contribution in [-0.4, -0.2) is 33.2 Å². The number of allylic oxidation sites excluding steroid dienone is 10. The molecule has 0 spiro atoms. The number of amides is 1. The highest BCUT2D eigenvalue weighted by Gasteiger charge is 2.37. The molecule has 0 saturated carbocycles. The van der Waals surface area contributed by atoms with Gasteiger partial charge in [0.1, 0.15) is 5.76 Å². The summed E-state index contributed by atoms with van der Waals surface area (Å²) in [5.41, 5.74) is 3.27. The lowest BCUT2D eigenvalue weighted by Gasteiger charge is -2.34. The Labute approximate surface area is 192 Å². The van der Waals surface area contributed by atoms with Crippen LogP contribution in [0.2, 0.25) is 0 Å². The molecule has 1 amide bonds. The van der Waals surface area contributed by atoms with E-state index in [0.717, 1.165) is 41.8 Å². The van der Waals surface area contributed by atoms with Gasteiger partial charge in [-0.1, -0.05) is 63.0 Å². The van der Waals surface area contributed by atoms with Gasteiger partial charge in [-0.3, -0.25) is 9.89 Å². The minimum atomic E-state index is -0.986. The molecule has 0 aromatic carbocycles. The summed E-state index contributed by atoms with van der Waals surface area (Å²) in [5.74, 6) is 0.579. The summed E-state index contributed by atoms with van der Waals surface area (Å²) in [7, 11) is 0. The number of fused-ring (bicyclic) bond motifs is 1. The zero-order valence-electron chi connectivity index (χ0n) is 20.1. The number of hydrogen-bond acceptors (Lipinski definition) is 3. The lowest BCUT2D eigenvalue weighted by Crippen LogP contribution is -2.48. The number of aromatic amines is 1. The molecule has 2 heterocycles. The highest BCUT2D eigenvalue weighted by molar-refractivity contribution is 5.85. The molecule has 0 radical (unpaired) electrons. The fourth-order valence-corrected chi connectivity index (χ4v) is 3.74. The summed E-state index contributed by atoms with van der Waals surface area (Å²) in [6, 6.07) is 0. The molecule has 5 nitrogen and oxygen atoms in total. The van der Waals surface area contributed by atoms with Gasteiger partial charge in [0, 0.05) is 30.8 Å². The van der Waals surface area contributed by atoms with E-state index in [0.29, 0.717) is 18.8 Å². The molecule has 1 aromatic heterocycles. The number of nitrogens with one attached hydrogen (secondary N) is 1. The number of nitrogens with zero attached hydrogens (tertiary/aromatic N) is 2. The first-order chi connectivity index (χ1) is 15.5. The monoisotopic (exact) mass is 435 g/mol. The third-order valence-corrected chi connectivity index (χ3v) is 5.22. The van der Waals surface area contributed by atoms with Gasteiger partial charge in [-0.05, 0) is 51.3 Å². The second-order valence-electron chi connectivity index (χ2n) is 7.95. The quantitative estimate of drug-likeness (QED) is 0.437. The average Bonchev–Trinajstić information content (AvgIpc) is 3.18. The van der Waals surface area contributed by atoms with Crippen molar-refractivity contribution in [1.29, 1.82) is 0 Å². The van der Waals surface area contributed by atoms with Crippen molar-refractivity contribution < 1.29 is 9.53 Å². The van der Waals surface area contributed by atoms with Gasteiger partial charge in [0.2, 0.25) is 0 Å². The van der Waals surface area contributed by atoms with Crippen molar-refractivity contribution in [2.75, 3.05) is 6.54 Å². The van der Waals surface area contributed by atoms with E-state index in [9.17, 15) is 4.79 Å². The lowest BCUT2D eigenvalue weighted by molar-refractivity contribution is -0.150. The maximum absolute atomic E-state index is 13.3. The number of ether oxygens (including phenoxy) is 1. The van der Waals surface area contributed by atoms with Crippen LogP contribution in [-0.2, 0) is 22.5 Å². The summed E-state index contributed by atoms with van der Waals surface area (Å²) in [4.78, 5) is 15.2. The SMILES string of the molecule is C=C/C=C(\C=C/C)OC(C)(C)C(=O)N1CCc2[nH]nc(C3=C/CC/C=C/C=C\3)c2C1.CC. The van der Waals surface area contributed by atoms with Gasteiger partial charge >= 0.3 is 0 Å². The van der Waals surface area contributed by atoms with Crippen LogP contribution in [0.5, 0.6) is 0 Å². The molecule has 32 heavy (non-hydrogen) atoms.